The minimum absolute atomic E-state index is 0.0170. The van der Waals surface area contributed by atoms with Gasteiger partial charge in [-0.2, -0.15) is 5.26 Å². The Labute approximate surface area is 175 Å². The zero-order valence-electron chi connectivity index (χ0n) is 16.9. The fourth-order valence-corrected chi connectivity index (χ4v) is 3.77. The van der Waals surface area contributed by atoms with Crippen molar-refractivity contribution in [3.05, 3.63) is 35.6 Å². The minimum Gasteiger partial charge on any atom is -0.344 e. The lowest BCUT2D eigenvalue weighted by molar-refractivity contribution is -0.140. The summed E-state index contributed by atoms with van der Waals surface area (Å²) in [5.41, 5.74) is 0.652. The van der Waals surface area contributed by atoms with E-state index in [9.17, 15) is 14.0 Å². The van der Waals surface area contributed by atoms with Crippen molar-refractivity contribution in [1.82, 2.24) is 20.4 Å². The van der Waals surface area contributed by atoms with Crippen molar-refractivity contribution < 1.29 is 14.0 Å². The second-order valence-electron chi connectivity index (χ2n) is 7.57. The zero-order valence-corrected chi connectivity index (χ0v) is 16.9. The molecule has 2 heterocycles. The third-order valence-corrected chi connectivity index (χ3v) is 5.36. The molecule has 2 amide bonds. The normalized spacial score (nSPS) is 19.9. The van der Waals surface area contributed by atoms with E-state index in [1.165, 1.54) is 12.1 Å². The Morgan fingerprint density at radius 1 is 1.23 bits per heavy atom. The van der Waals surface area contributed by atoms with Crippen molar-refractivity contribution >= 4 is 17.8 Å². The van der Waals surface area contributed by atoms with Crippen LogP contribution in [0.1, 0.15) is 37.7 Å². The van der Waals surface area contributed by atoms with E-state index in [-0.39, 0.29) is 36.7 Å². The number of guanidine groups is 1. The highest BCUT2D eigenvalue weighted by Gasteiger charge is 2.30. The lowest BCUT2D eigenvalue weighted by Gasteiger charge is -2.27. The standard InChI is InChI=1S/C21H27FN6O2/c22-17-7-5-6-16(12-17)13-24-21(25-15-23)26-18-8-1-2-11-28(20(18)30)14-19(29)27-9-3-4-10-27/h5-7,12,18H,1-4,8-11,13-14H2,(H2,24,25,26)/t18-/m0/s1. The highest BCUT2D eigenvalue weighted by molar-refractivity contribution is 5.92. The number of halogens is 1. The summed E-state index contributed by atoms with van der Waals surface area (Å²) in [5.74, 6) is -0.384. The van der Waals surface area contributed by atoms with Crippen molar-refractivity contribution in [2.24, 2.45) is 4.99 Å². The highest BCUT2D eigenvalue weighted by atomic mass is 19.1. The molecule has 8 nitrogen and oxygen atoms in total. The summed E-state index contributed by atoms with van der Waals surface area (Å²) in [7, 11) is 0. The van der Waals surface area contributed by atoms with Crippen LogP contribution in [0.3, 0.4) is 0 Å². The van der Waals surface area contributed by atoms with Crippen LogP contribution in [-0.4, -0.2) is 59.8 Å². The Bertz CT molecular complexity index is 831. The van der Waals surface area contributed by atoms with Gasteiger partial charge in [0, 0.05) is 19.6 Å². The molecule has 1 aromatic rings. The Balaban J connectivity index is 1.65. The van der Waals surface area contributed by atoms with E-state index in [2.05, 4.69) is 15.6 Å². The number of hydrogen-bond donors (Lipinski definition) is 2. The van der Waals surface area contributed by atoms with Gasteiger partial charge in [0.15, 0.2) is 6.19 Å². The Kier molecular flexibility index (Phi) is 7.60. The van der Waals surface area contributed by atoms with Crippen LogP contribution in [0.4, 0.5) is 4.39 Å². The second-order valence-corrected chi connectivity index (χ2v) is 7.57. The number of hydrogen-bond acceptors (Lipinski definition) is 4. The molecule has 0 saturated carbocycles. The van der Waals surface area contributed by atoms with Gasteiger partial charge in [0.2, 0.25) is 17.8 Å². The molecule has 2 saturated heterocycles. The molecule has 0 aromatic heterocycles. The number of amides is 2. The monoisotopic (exact) mass is 414 g/mol. The fourth-order valence-electron chi connectivity index (χ4n) is 3.77. The molecule has 0 radical (unpaired) electrons. The van der Waals surface area contributed by atoms with Crippen LogP contribution in [0.25, 0.3) is 0 Å². The van der Waals surface area contributed by atoms with Gasteiger partial charge in [0.25, 0.3) is 0 Å². The van der Waals surface area contributed by atoms with Crippen LogP contribution in [0.2, 0.25) is 0 Å². The summed E-state index contributed by atoms with van der Waals surface area (Å²) >= 11 is 0. The number of carbonyl (C=O) groups is 2. The predicted molar refractivity (Wildman–Crippen MR) is 109 cm³/mol. The van der Waals surface area contributed by atoms with Gasteiger partial charge < -0.3 is 15.1 Å². The van der Waals surface area contributed by atoms with Crippen LogP contribution < -0.4 is 10.6 Å². The average molecular weight is 414 g/mol. The number of benzene rings is 1. The first kappa shape index (κ1) is 21.6. The number of aliphatic imine (C=N–C) groups is 1. The van der Waals surface area contributed by atoms with Gasteiger partial charge in [-0.25, -0.2) is 9.38 Å². The van der Waals surface area contributed by atoms with Crippen molar-refractivity contribution in [3.8, 4) is 6.19 Å². The summed E-state index contributed by atoms with van der Waals surface area (Å²) in [6.45, 7) is 2.29. The van der Waals surface area contributed by atoms with E-state index in [1.807, 2.05) is 11.1 Å². The summed E-state index contributed by atoms with van der Waals surface area (Å²) in [5, 5.41) is 14.5. The largest absolute Gasteiger partial charge is 0.344 e. The first-order valence-corrected chi connectivity index (χ1v) is 10.3. The number of nitriles is 1. The Morgan fingerprint density at radius 2 is 2.00 bits per heavy atom. The van der Waals surface area contributed by atoms with Gasteiger partial charge >= 0.3 is 0 Å². The van der Waals surface area contributed by atoms with E-state index in [1.54, 1.807) is 17.0 Å². The van der Waals surface area contributed by atoms with Gasteiger partial charge in [-0.15, -0.1) is 0 Å². The lowest BCUT2D eigenvalue weighted by atomic mass is 10.1. The first-order valence-electron chi connectivity index (χ1n) is 10.3. The average Bonchev–Trinajstić information content (AvgIpc) is 3.22. The second kappa shape index (κ2) is 10.6. The highest BCUT2D eigenvalue weighted by Crippen LogP contribution is 2.14. The lowest BCUT2D eigenvalue weighted by Crippen LogP contribution is -2.52. The Morgan fingerprint density at radius 3 is 2.73 bits per heavy atom. The number of likely N-dealkylation sites (tertiary alicyclic amines) is 2. The Hall–Kier alpha value is -3.15. The molecule has 160 valence electrons. The molecule has 1 atom stereocenters. The van der Waals surface area contributed by atoms with Crippen molar-refractivity contribution in [2.45, 2.75) is 44.7 Å². The summed E-state index contributed by atoms with van der Waals surface area (Å²) < 4.78 is 13.4. The van der Waals surface area contributed by atoms with Crippen LogP contribution >= 0.6 is 0 Å². The molecule has 30 heavy (non-hydrogen) atoms. The molecule has 0 bridgehead atoms. The van der Waals surface area contributed by atoms with Crippen molar-refractivity contribution in [2.75, 3.05) is 26.2 Å². The van der Waals surface area contributed by atoms with Crippen molar-refractivity contribution in [3.63, 3.8) is 0 Å². The first-order chi connectivity index (χ1) is 14.6. The predicted octanol–water partition coefficient (Wildman–Crippen LogP) is 1.35. The smallest absolute Gasteiger partial charge is 0.245 e. The van der Waals surface area contributed by atoms with Gasteiger partial charge in [0.05, 0.1) is 13.1 Å². The fraction of sp³-hybridized carbons (Fsp3) is 0.524. The summed E-state index contributed by atoms with van der Waals surface area (Å²) in [4.78, 5) is 33.2. The summed E-state index contributed by atoms with van der Waals surface area (Å²) in [6, 6.07) is 5.47. The quantitative estimate of drug-likeness (QED) is 0.328. The van der Waals surface area contributed by atoms with Gasteiger partial charge in [-0.1, -0.05) is 12.1 Å². The third kappa shape index (κ3) is 5.92. The van der Waals surface area contributed by atoms with E-state index in [0.29, 0.717) is 18.5 Å². The molecule has 0 spiro atoms. The number of carbonyl (C=O) groups excluding carboxylic acids is 2. The van der Waals surface area contributed by atoms with Crippen LogP contribution in [0.5, 0.6) is 0 Å². The molecule has 2 N–H and O–H groups in total. The molecule has 2 aliphatic heterocycles. The van der Waals surface area contributed by atoms with Gasteiger partial charge in [0.1, 0.15) is 11.9 Å². The number of nitrogens with zero attached hydrogens (tertiary/aromatic N) is 4. The molecule has 3 rings (SSSR count). The maximum atomic E-state index is 13.4. The third-order valence-electron chi connectivity index (χ3n) is 5.36. The van der Waals surface area contributed by atoms with E-state index >= 15 is 0 Å². The molecule has 9 heteroatoms. The number of nitrogens with one attached hydrogen (secondary N) is 2. The van der Waals surface area contributed by atoms with E-state index < -0.39 is 6.04 Å². The van der Waals surface area contributed by atoms with Gasteiger partial charge in [-0.3, -0.25) is 14.9 Å². The summed E-state index contributed by atoms with van der Waals surface area (Å²) in [6.07, 6.45) is 6.05. The van der Waals surface area contributed by atoms with Crippen LogP contribution in [0.15, 0.2) is 29.3 Å². The molecule has 2 fully saturated rings. The number of rotatable bonds is 5. The topological polar surface area (TPSA) is 101 Å². The zero-order chi connectivity index (χ0) is 21.3. The molecule has 1 aromatic carbocycles. The molecule has 0 unspecified atom stereocenters. The van der Waals surface area contributed by atoms with Gasteiger partial charge in [-0.05, 0) is 49.8 Å². The van der Waals surface area contributed by atoms with Crippen molar-refractivity contribution in [1.29, 1.82) is 5.26 Å². The van der Waals surface area contributed by atoms with E-state index in [4.69, 9.17) is 5.26 Å². The molecular weight excluding hydrogens is 387 g/mol. The maximum Gasteiger partial charge on any atom is 0.245 e. The SMILES string of the molecule is N#CNC(=NCc1cccc(F)c1)N[C@H]1CCCCN(CC(=O)N2CCCC2)C1=O. The van der Waals surface area contributed by atoms with Crippen LogP contribution in [0, 0.1) is 17.3 Å². The minimum atomic E-state index is -0.578. The van der Waals surface area contributed by atoms with E-state index in [0.717, 1.165) is 38.8 Å². The maximum absolute atomic E-state index is 13.4. The molecule has 2 aliphatic rings. The molecular formula is C21H27FN6O2. The van der Waals surface area contributed by atoms with Crippen LogP contribution in [-0.2, 0) is 16.1 Å². The molecule has 0 aliphatic carbocycles.